The van der Waals surface area contributed by atoms with E-state index in [1.165, 1.54) is 6.26 Å². The molecular formula is C26H19ClO2. The lowest BCUT2D eigenvalue weighted by Crippen LogP contribution is -2.30. The number of cyclic esters (lactones) is 1. The van der Waals surface area contributed by atoms with Crippen molar-refractivity contribution in [3.63, 3.8) is 0 Å². The maximum Gasteiger partial charge on any atom is 0.315 e. The van der Waals surface area contributed by atoms with Crippen molar-refractivity contribution in [3.8, 4) is 11.8 Å². The van der Waals surface area contributed by atoms with Gasteiger partial charge in [-0.1, -0.05) is 84.1 Å². The summed E-state index contributed by atoms with van der Waals surface area (Å²) in [6.45, 7) is 0. The fraction of sp³-hybridized carbons (Fsp3) is 0.115. The van der Waals surface area contributed by atoms with E-state index in [1.807, 2.05) is 84.9 Å². The number of benzene rings is 3. The second-order valence-electron chi connectivity index (χ2n) is 6.95. The summed E-state index contributed by atoms with van der Waals surface area (Å²) < 4.78 is 5.41. The van der Waals surface area contributed by atoms with Crippen molar-refractivity contribution in [2.45, 2.75) is 12.3 Å². The van der Waals surface area contributed by atoms with Crippen LogP contribution in [0, 0.1) is 17.8 Å². The molecule has 3 aromatic rings. The molecule has 1 aliphatic rings. The first-order valence-corrected chi connectivity index (χ1v) is 9.85. The Labute approximate surface area is 175 Å². The minimum absolute atomic E-state index is 0.216. The maximum atomic E-state index is 12.7. The molecule has 0 aliphatic carbocycles. The van der Waals surface area contributed by atoms with E-state index in [1.54, 1.807) is 0 Å². The van der Waals surface area contributed by atoms with Crippen molar-refractivity contribution in [2.75, 3.05) is 0 Å². The summed E-state index contributed by atoms with van der Waals surface area (Å²) in [5.74, 6) is 5.58. The first-order valence-electron chi connectivity index (χ1n) is 9.48. The summed E-state index contributed by atoms with van der Waals surface area (Å²) in [6, 6.07) is 27.4. The highest BCUT2D eigenvalue weighted by Gasteiger charge is 2.36. The Balaban J connectivity index is 1.75. The van der Waals surface area contributed by atoms with Crippen molar-refractivity contribution >= 4 is 17.6 Å². The zero-order chi connectivity index (χ0) is 20.1. The maximum absolute atomic E-state index is 12.7. The number of allylic oxidation sites excluding steroid dienone is 1. The largest absolute Gasteiger partial charge is 0.433 e. The molecule has 1 heterocycles. The Morgan fingerprint density at radius 3 is 2.31 bits per heavy atom. The SMILES string of the molecule is O=C1OC=C(C#Cc2ccccc2)[C@@H](c2cccc(Cl)c2)[C@@H]1Cc1ccccc1. The lowest BCUT2D eigenvalue weighted by atomic mass is 9.77. The van der Waals surface area contributed by atoms with Crippen LogP contribution in [0.4, 0.5) is 0 Å². The molecule has 3 heteroatoms. The van der Waals surface area contributed by atoms with Gasteiger partial charge >= 0.3 is 5.97 Å². The van der Waals surface area contributed by atoms with Gasteiger partial charge in [0.2, 0.25) is 0 Å². The van der Waals surface area contributed by atoms with Crippen molar-refractivity contribution in [1.29, 1.82) is 0 Å². The zero-order valence-corrected chi connectivity index (χ0v) is 16.5. The zero-order valence-electron chi connectivity index (χ0n) is 15.7. The lowest BCUT2D eigenvalue weighted by Gasteiger charge is -2.29. The minimum Gasteiger partial charge on any atom is -0.433 e. The predicted octanol–water partition coefficient (Wildman–Crippen LogP) is 5.77. The Bertz CT molecular complexity index is 1090. The van der Waals surface area contributed by atoms with Gasteiger partial charge in [0, 0.05) is 22.1 Å². The predicted molar refractivity (Wildman–Crippen MR) is 115 cm³/mol. The quantitative estimate of drug-likeness (QED) is 0.413. The highest BCUT2D eigenvalue weighted by molar-refractivity contribution is 6.30. The third kappa shape index (κ3) is 4.59. The number of esters is 1. The first kappa shape index (κ1) is 19.1. The van der Waals surface area contributed by atoms with Gasteiger partial charge < -0.3 is 4.74 Å². The summed E-state index contributed by atoms with van der Waals surface area (Å²) in [7, 11) is 0. The molecule has 2 atom stereocenters. The van der Waals surface area contributed by atoms with Crippen LogP contribution >= 0.6 is 11.6 Å². The number of carbonyl (C=O) groups is 1. The van der Waals surface area contributed by atoms with Crippen LogP contribution in [-0.2, 0) is 16.0 Å². The Hall–Kier alpha value is -3.28. The number of rotatable bonds is 3. The number of hydrogen-bond acceptors (Lipinski definition) is 2. The van der Waals surface area contributed by atoms with Crippen molar-refractivity contribution in [1.82, 2.24) is 0 Å². The molecular weight excluding hydrogens is 380 g/mol. The van der Waals surface area contributed by atoms with E-state index < -0.39 is 0 Å². The molecule has 29 heavy (non-hydrogen) atoms. The Morgan fingerprint density at radius 1 is 0.862 bits per heavy atom. The van der Waals surface area contributed by atoms with Crippen LogP contribution in [0.3, 0.4) is 0 Å². The van der Waals surface area contributed by atoms with Gasteiger partial charge in [0.15, 0.2) is 0 Å². The van der Waals surface area contributed by atoms with Crippen LogP contribution in [0.1, 0.15) is 22.6 Å². The van der Waals surface area contributed by atoms with Crippen molar-refractivity contribution in [2.24, 2.45) is 5.92 Å². The molecule has 4 rings (SSSR count). The second-order valence-corrected chi connectivity index (χ2v) is 7.39. The highest BCUT2D eigenvalue weighted by atomic mass is 35.5. The third-order valence-electron chi connectivity index (χ3n) is 4.97. The Morgan fingerprint density at radius 2 is 1.59 bits per heavy atom. The molecule has 0 bridgehead atoms. The number of ether oxygens (including phenoxy) is 1. The van der Waals surface area contributed by atoms with Gasteiger partial charge in [-0.2, -0.15) is 0 Å². The van der Waals surface area contributed by atoms with Gasteiger partial charge in [0.05, 0.1) is 5.92 Å². The smallest absolute Gasteiger partial charge is 0.315 e. The van der Waals surface area contributed by atoms with Crippen LogP contribution < -0.4 is 0 Å². The second kappa shape index (κ2) is 8.82. The summed E-state index contributed by atoms with van der Waals surface area (Å²) in [4.78, 5) is 12.7. The van der Waals surface area contributed by atoms with E-state index in [2.05, 4.69) is 11.8 Å². The van der Waals surface area contributed by atoms with Crippen LogP contribution in [0.5, 0.6) is 0 Å². The van der Waals surface area contributed by atoms with E-state index in [-0.39, 0.29) is 17.8 Å². The van der Waals surface area contributed by atoms with Gasteiger partial charge in [0.1, 0.15) is 6.26 Å². The summed E-state index contributed by atoms with van der Waals surface area (Å²) in [6.07, 6.45) is 2.06. The molecule has 0 fully saturated rings. The topological polar surface area (TPSA) is 26.3 Å². The fourth-order valence-corrected chi connectivity index (χ4v) is 3.79. The molecule has 0 amide bonds. The average molecular weight is 399 g/mol. The van der Waals surface area contributed by atoms with Crippen LogP contribution in [0.15, 0.2) is 96.8 Å². The number of hydrogen-bond donors (Lipinski definition) is 0. The third-order valence-corrected chi connectivity index (χ3v) is 5.21. The lowest BCUT2D eigenvalue weighted by molar-refractivity contribution is -0.144. The van der Waals surface area contributed by atoms with Crippen molar-refractivity contribution in [3.05, 3.63) is 118 Å². The normalized spacial score (nSPS) is 18.2. The molecule has 0 unspecified atom stereocenters. The van der Waals surface area contributed by atoms with Gasteiger partial charge in [-0.15, -0.1) is 0 Å². The van der Waals surface area contributed by atoms with Crippen LogP contribution in [0.2, 0.25) is 5.02 Å². The van der Waals surface area contributed by atoms with E-state index in [0.29, 0.717) is 11.4 Å². The molecule has 0 radical (unpaired) electrons. The number of carbonyl (C=O) groups excluding carboxylic acids is 1. The Kier molecular flexibility index (Phi) is 5.79. The first-order chi connectivity index (χ1) is 14.2. The van der Waals surface area contributed by atoms with E-state index in [9.17, 15) is 4.79 Å². The van der Waals surface area contributed by atoms with Gasteiger partial charge in [-0.25, -0.2) is 0 Å². The highest BCUT2D eigenvalue weighted by Crippen LogP contribution is 2.38. The van der Waals surface area contributed by atoms with Gasteiger partial charge in [-0.3, -0.25) is 4.79 Å². The standard InChI is InChI=1S/C26H19ClO2/c27-23-13-7-12-21(17-23)25-22(15-14-19-8-3-1-4-9-19)18-29-26(28)24(25)16-20-10-5-2-6-11-20/h1-13,17-18,24-25H,16H2/t24-,25+/m0/s1. The van der Waals surface area contributed by atoms with E-state index >= 15 is 0 Å². The van der Waals surface area contributed by atoms with E-state index in [0.717, 1.165) is 22.3 Å². The molecule has 0 saturated carbocycles. The molecule has 1 aliphatic heterocycles. The monoisotopic (exact) mass is 398 g/mol. The van der Waals surface area contributed by atoms with Gasteiger partial charge in [0.25, 0.3) is 0 Å². The molecule has 0 aromatic heterocycles. The van der Waals surface area contributed by atoms with Gasteiger partial charge in [-0.05, 0) is 41.8 Å². The molecule has 2 nitrogen and oxygen atoms in total. The summed E-state index contributed by atoms with van der Waals surface area (Å²) in [5.41, 5.74) is 3.73. The number of halogens is 1. The average Bonchev–Trinajstić information content (AvgIpc) is 2.75. The van der Waals surface area contributed by atoms with Crippen molar-refractivity contribution < 1.29 is 9.53 Å². The molecule has 142 valence electrons. The van der Waals surface area contributed by atoms with Crippen LogP contribution in [-0.4, -0.2) is 5.97 Å². The molecule has 0 saturated heterocycles. The molecule has 3 aromatic carbocycles. The summed E-state index contributed by atoms with van der Waals surface area (Å²) >= 11 is 6.26. The molecule has 0 spiro atoms. The van der Waals surface area contributed by atoms with E-state index in [4.69, 9.17) is 16.3 Å². The fourth-order valence-electron chi connectivity index (χ4n) is 3.59. The molecule has 0 N–H and O–H groups in total. The summed E-state index contributed by atoms with van der Waals surface area (Å²) in [5, 5.41) is 0.635. The minimum atomic E-state index is -0.374. The van der Waals surface area contributed by atoms with Crippen LogP contribution in [0.25, 0.3) is 0 Å².